The number of hydrogen-bond donors (Lipinski definition) is 0. The van der Waals surface area contributed by atoms with E-state index in [1.165, 1.54) is 29.6 Å². The standard InChI is InChI=1S/C19H30O/c1-11(2)17-16(20)10-15-14(6)13(5)8-9-19(15,7)18(17)12(3)4/h11-12,15H,8-10H2,1-7H3/t15-,19-/m0/s1. The van der Waals surface area contributed by atoms with Gasteiger partial charge >= 0.3 is 0 Å². The lowest BCUT2D eigenvalue weighted by atomic mass is 9.54. The monoisotopic (exact) mass is 274 g/mol. The number of allylic oxidation sites excluding steroid dienone is 4. The molecule has 0 radical (unpaired) electrons. The normalized spacial score (nSPS) is 31.4. The fourth-order valence-electron chi connectivity index (χ4n) is 4.65. The van der Waals surface area contributed by atoms with Crippen molar-refractivity contribution in [3.8, 4) is 0 Å². The zero-order valence-corrected chi connectivity index (χ0v) is 14.3. The highest BCUT2D eigenvalue weighted by molar-refractivity contribution is 5.98. The first-order valence-electron chi connectivity index (χ1n) is 8.14. The summed E-state index contributed by atoms with van der Waals surface area (Å²) in [5.41, 5.74) is 5.79. The van der Waals surface area contributed by atoms with Gasteiger partial charge in [-0.25, -0.2) is 0 Å². The quantitative estimate of drug-likeness (QED) is 0.623. The van der Waals surface area contributed by atoms with Crippen LogP contribution in [0.5, 0.6) is 0 Å². The number of hydrogen-bond acceptors (Lipinski definition) is 1. The fraction of sp³-hybridized carbons (Fsp3) is 0.737. The van der Waals surface area contributed by atoms with Crippen molar-refractivity contribution < 1.29 is 4.79 Å². The number of Topliss-reactive ketones (excluding diaryl/α,β-unsaturated/α-hetero) is 1. The molecule has 2 atom stereocenters. The van der Waals surface area contributed by atoms with Gasteiger partial charge in [0.05, 0.1) is 0 Å². The van der Waals surface area contributed by atoms with Crippen LogP contribution in [0.3, 0.4) is 0 Å². The zero-order chi connectivity index (χ0) is 15.2. The summed E-state index contributed by atoms with van der Waals surface area (Å²) in [7, 11) is 0. The molecule has 2 rings (SSSR count). The fourth-order valence-corrected chi connectivity index (χ4v) is 4.65. The Morgan fingerprint density at radius 3 is 2.20 bits per heavy atom. The topological polar surface area (TPSA) is 17.1 Å². The summed E-state index contributed by atoms with van der Waals surface area (Å²) in [6, 6.07) is 0. The van der Waals surface area contributed by atoms with Crippen molar-refractivity contribution in [1.29, 1.82) is 0 Å². The molecule has 0 amide bonds. The molecule has 0 spiro atoms. The van der Waals surface area contributed by atoms with Crippen molar-refractivity contribution in [3.63, 3.8) is 0 Å². The Balaban J connectivity index is 2.66. The minimum absolute atomic E-state index is 0.200. The molecular formula is C19H30O. The van der Waals surface area contributed by atoms with E-state index >= 15 is 0 Å². The van der Waals surface area contributed by atoms with Crippen molar-refractivity contribution in [2.75, 3.05) is 0 Å². The van der Waals surface area contributed by atoms with Crippen molar-refractivity contribution in [3.05, 3.63) is 22.3 Å². The van der Waals surface area contributed by atoms with E-state index in [0.717, 1.165) is 12.0 Å². The molecule has 0 bridgehead atoms. The van der Waals surface area contributed by atoms with Crippen LogP contribution in [-0.4, -0.2) is 5.78 Å². The third-order valence-corrected chi connectivity index (χ3v) is 5.73. The molecule has 0 aromatic rings. The Morgan fingerprint density at radius 1 is 1.10 bits per heavy atom. The van der Waals surface area contributed by atoms with Crippen molar-refractivity contribution in [1.82, 2.24) is 0 Å². The van der Waals surface area contributed by atoms with E-state index in [1.807, 2.05) is 0 Å². The summed E-state index contributed by atoms with van der Waals surface area (Å²) >= 11 is 0. The second-order valence-electron chi connectivity index (χ2n) is 7.70. The largest absolute Gasteiger partial charge is 0.295 e. The molecule has 0 saturated heterocycles. The van der Waals surface area contributed by atoms with Gasteiger partial charge in [0, 0.05) is 6.42 Å². The second-order valence-corrected chi connectivity index (χ2v) is 7.70. The molecule has 0 aromatic heterocycles. The maximum atomic E-state index is 12.7. The average Bonchev–Trinajstić information content (AvgIpc) is 2.34. The summed E-state index contributed by atoms with van der Waals surface area (Å²) in [6.45, 7) is 15.8. The summed E-state index contributed by atoms with van der Waals surface area (Å²) in [5, 5.41) is 0. The summed E-state index contributed by atoms with van der Waals surface area (Å²) in [6.07, 6.45) is 3.12. The highest BCUT2D eigenvalue weighted by Crippen LogP contribution is 2.56. The van der Waals surface area contributed by atoms with Gasteiger partial charge in [0.25, 0.3) is 0 Å². The SMILES string of the molecule is CC1=C(C)[C@@H]2CC(=O)C(C(C)C)=C(C(C)C)[C@@]2(C)CC1. The van der Waals surface area contributed by atoms with Crippen LogP contribution in [0.1, 0.15) is 67.7 Å². The third-order valence-electron chi connectivity index (χ3n) is 5.73. The molecular weight excluding hydrogens is 244 g/mol. The smallest absolute Gasteiger partial charge is 0.159 e. The Kier molecular flexibility index (Phi) is 4.01. The molecule has 112 valence electrons. The van der Waals surface area contributed by atoms with Gasteiger partial charge in [0.2, 0.25) is 0 Å². The Morgan fingerprint density at radius 2 is 1.70 bits per heavy atom. The van der Waals surface area contributed by atoms with Crippen LogP contribution in [0.2, 0.25) is 0 Å². The third kappa shape index (κ3) is 2.19. The Hall–Kier alpha value is -0.850. The molecule has 2 aliphatic carbocycles. The van der Waals surface area contributed by atoms with Crippen LogP contribution in [-0.2, 0) is 4.79 Å². The van der Waals surface area contributed by atoms with Crippen molar-refractivity contribution >= 4 is 5.78 Å². The van der Waals surface area contributed by atoms with E-state index < -0.39 is 0 Å². The lowest BCUT2D eigenvalue weighted by Gasteiger charge is -2.50. The Labute approximate surface area is 124 Å². The zero-order valence-electron chi connectivity index (χ0n) is 14.3. The number of carbonyl (C=O) groups is 1. The molecule has 0 N–H and O–H groups in total. The highest BCUT2D eigenvalue weighted by Gasteiger charge is 2.48. The molecule has 2 aliphatic rings. The highest BCUT2D eigenvalue weighted by atomic mass is 16.1. The lowest BCUT2D eigenvalue weighted by Crippen LogP contribution is -2.42. The molecule has 0 saturated carbocycles. The van der Waals surface area contributed by atoms with Gasteiger partial charge in [0.1, 0.15) is 0 Å². The predicted molar refractivity (Wildman–Crippen MR) is 85.5 cm³/mol. The van der Waals surface area contributed by atoms with E-state index in [4.69, 9.17) is 0 Å². The van der Waals surface area contributed by atoms with E-state index in [-0.39, 0.29) is 5.41 Å². The summed E-state index contributed by atoms with van der Waals surface area (Å²) < 4.78 is 0. The molecule has 1 heteroatoms. The van der Waals surface area contributed by atoms with Crippen LogP contribution in [0, 0.1) is 23.2 Å². The first kappa shape index (κ1) is 15.5. The molecule has 0 fully saturated rings. The van der Waals surface area contributed by atoms with Gasteiger partial charge in [-0.2, -0.15) is 0 Å². The number of rotatable bonds is 2. The lowest BCUT2D eigenvalue weighted by molar-refractivity contribution is -0.118. The molecule has 0 aliphatic heterocycles. The van der Waals surface area contributed by atoms with Crippen LogP contribution in [0.4, 0.5) is 0 Å². The molecule has 20 heavy (non-hydrogen) atoms. The number of fused-ring (bicyclic) bond motifs is 1. The molecule has 0 unspecified atom stereocenters. The first-order valence-corrected chi connectivity index (χ1v) is 8.14. The van der Waals surface area contributed by atoms with Gasteiger partial charge < -0.3 is 0 Å². The van der Waals surface area contributed by atoms with Gasteiger partial charge in [-0.05, 0) is 55.4 Å². The average molecular weight is 274 g/mol. The Bertz CT molecular complexity index is 490. The first-order chi connectivity index (χ1) is 9.20. The van der Waals surface area contributed by atoms with E-state index in [0.29, 0.717) is 23.5 Å². The van der Waals surface area contributed by atoms with Crippen LogP contribution in [0.15, 0.2) is 22.3 Å². The second kappa shape index (κ2) is 5.16. The summed E-state index contributed by atoms with van der Waals surface area (Å²) in [5.74, 6) is 1.66. The van der Waals surface area contributed by atoms with Crippen molar-refractivity contribution in [2.24, 2.45) is 23.2 Å². The maximum absolute atomic E-state index is 12.7. The van der Waals surface area contributed by atoms with Gasteiger partial charge in [0.15, 0.2) is 5.78 Å². The van der Waals surface area contributed by atoms with Crippen molar-refractivity contribution in [2.45, 2.75) is 67.7 Å². The number of ketones is 1. The number of carbonyl (C=O) groups excluding carboxylic acids is 1. The maximum Gasteiger partial charge on any atom is 0.159 e. The van der Waals surface area contributed by atoms with Gasteiger partial charge in [-0.15, -0.1) is 0 Å². The predicted octanol–water partition coefficient (Wildman–Crippen LogP) is 5.32. The van der Waals surface area contributed by atoms with Crippen LogP contribution < -0.4 is 0 Å². The summed E-state index contributed by atoms with van der Waals surface area (Å²) in [4.78, 5) is 12.7. The minimum Gasteiger partial charge on any atom is -0.295 e. The molecule has 0 aromatic carbocycles. The van der Waals surface area contributed by atoms with E-state index in [2.05, 4.69) is 48.5 Å². The van der Waals surface area contributed by atoms with Gasteiger partial charge in [-0.3, -0.25) is 4.79 Å². The van der Waals surface area contributed by atoms with E-state index in [9.17, 15) is 4.79 Å². The van der Waals surface area contributed by atoms with Crippen LogP contribution >= 0.6 is 0 Å². The molecule has 1 nitrogen and oxygen atoms in total. The van der Waals surface area contributed by atoms with E-state index in [1.54, 1.807) is 0 Å². The minimum atomic E-state index is 0.200. The van der Waals surface area contributed by atoms with Gasteiger partial charge in [-0.1, -0.05) is 51.3 Å². The molecule has 0 heterocycles. The van der Waals surface area contributed by atoms with Crippen LogP contribution in [0.25, 0.3) is 0 Å².